The Morgan fingerprint density at radius 1 is 1.05 bits per heavy atom. The maximum Gasteiger partial charge on any atom is 0.191 e. The first-order chi connectivity index (χ1) is 10.2. The fourth-order valence-electron chi connectivity index (χ4n) is 1.86. The van der Waals surface area contributed by atoms with Gasteiger partial charge in [0.2, 0.25) is 0 Å². The van der Waals surface area contributed by atoms with E-state index in [0.29, 0.717) is 5.11 Å². The summed E-state index contributed by atoms with van der Waals surface area (Å²) in [7, 11) is 0. The fraction of sp³-hybridized carbons (Fsp3) is 0.176. The summed E-state index contributed by atoms with van der Waals surface area (Å²) in [5.41, 5.74) is 7.11. The third kappa shape index (κ3) is 4.68. The van der Waals surface area contributed by atoms with E-state index in [0.717, 1.165) is 23.4 Å². The molecular formula is C17H19N3S. The Kier molecular flexibility index (Phi) is 5.46. The lowest BCUT2D eigenvalue weighted by molar-refractivity contribution is 1.04. The van der Waals surface area contributed by atoms with Crippen molar-refractivity contribution in [3.63, 3.8) is 0 Å². The van der Waals surface area contributed by atoms with Crippen molar-refractivity contribution in [1.82, 2.24) is 5.43 Å². The van der Waals surface area contributed by atoms with Crippen LogP contribution in [0.1, 0.15) is 25.0 Å². The monoisotopic (exact) mass is 297 g/mol. The highest BCUT2D eigenvalue weighted by Crippen LogP contribution is 2.07. The third-order valence-electron chi connectivity index (χ3n) is 3.14. The van der Waals surface area contributed by atoms with Gasteiger partial charge in [0.15, 0.2) is 5.11 Å². The van der Waals surface area contributed by atoms with Gasteiger partial charge in [-0.3, -0.25) is 5.43 Å². The van der Waals surface area contributed by atoms with Crippen LogP contribution in [0.5, 0.6) is 0 Å². The highest BCUT2D eigenvalue weighted by molar-refractivity contribution is 7.80. The molecule has 2 aromatic carbocycles. The van der Waals surface area contributed by atoms with Crippen molar-refractivity contribution < 1.29 is 0 Å². The van der Waals surface area contributed by atoms with Crippen molar-refractivity contribution in [3.05, 3.63) is 65.7 Å². The Morgan fingerprint density at radius 2 is 1.71 bits per heavy atom. The van der Waals surface area contributed by atoms with Crippen LogP contribution in [0.15, 0.2) is 59.7 Å². The summed E-state index contributed by atoms with van der Waals surface area (Å²) in [5, 5.41) is 7.87. The number of hydrazone groups is 1. The molecule has 0 saturated carbocycles. The van der Waals surface area contributed by atoms with Gasteiger partial charge in [0, 0.05) is 5.69 Å². The minimum absolute atomic E-state index is 0.478. The number of aryl methyl sites for hydroxylation is 1. The van der Waals surface area contributed by atoms with Crippen LogP contribution in [0.4, 0.5) is 5.69 Å². The SMILES string of the molecule is CCc1ccc(/C(C)=N/NC(=S)Nc2ccccc2)cc1. The van der Waals surface area contributed by atoms with Crippen LogP contribution in [0.3, 0.4) is 0 Å². The molecule has 108 valence electrons. The van der Waals surface area contributed by atoms with Gasteiger partial charge in [0.05, 0.1) is 5.71 Å². The van der Waals surface area contributed by atoms with Crippen LogP contribution >= 0.6 is 12.2 Å². The lowest BCUT2D eigenvalue weighted by atomic mass is 10.1. The van der Waals surface area contributed by atoms with Crippen molar-refractivity contribution in [1.29, 1.82) is 0 Å². The first-order valence-electron chi connectivity index (χ1n) is 6.94. The number of nitrogens with one attached hydrogen (secondary N) is 2. The Bertz CT molecular complexity index is 618. The first kappa shape index (κ1) is 15.2. The zero-order chi connectivity index (χ0) is 15.1. The molecular weight excluding hydrogens is 278 g/mol. The third-order valence-corrected chi connectivity index (χ3v) is 3.33. The molecule has 2 N–H and O–H groups in total. The van der Waals surface area contributed by atoms with Gasteiger partial charge < -0.3 is 5.32 Å². The van der Waals surface area contributed by atoms with E-state index in [-0.39, 0.29) is 0 Å². The number of anilines is 1. The van der Waals surface area contributed by atoms with Gasteiger partial charge >= 0.3 is 0 Å². The van der Waals surface area contributed by atoms with Gasteiger partial charge in [0.25, 0.3) is 0 Å². The molecule has 0 fully saturated rings. The molecule has 21 heavy (non-hydrogen) atoms. The first-order valence-corrected chi connectivity index (χ1v) is 7.35. The van der Waals surface area contributed by atoms with E-state index in [1.807, 2.05) is 37.3 Å². The molecule has 4 heteroatoms. The number of hydrogen-bond acceptors (Lipinski definition) is 2. The van der Waals surface area contributed by atoms with Gasteiger partial charge in [-0.15, -0.1) is 0 Å². The van der Waals surface area contributed by atoms with Crippen LogP contribution in [-0.4, -0.2) is 10.8 Å². The van der Waals surface area contributed by atoms with E-state index in [1.165, 1.54) is 5.56 Å². The summed E-state index contributed by atoms with van der Waals surface area (Å²) in [6.45, 7) is 4.10. The molecule has 2 aromatic rings. The number of rotatable bonds is 4. The smallest absolute Gasteiger partial charge is 0.191 e. The molecule has 0 saturated heterocycles. The quantitative estimate of drug-likeness (QED) is 0.509. The number of hydrogen-bond donors (Lipinski definition) is 2. The Balaban J connectivity index is 1.94. The van der Waals surface area contributed by atoms with E-state index in [1.54, 1.807) is 0 Å². The van der Waals surface area contributed by atoms with E-state index < -0.39 is 0 Å². The van der Waals surface area contributed by atoms with Gasteiger partial charge in [-0.25, -0.2) is 0 Å². The highest BCUT2D eigenvalue weighted by atomic mass is 32.1. The van der Waals surface area contributed by atoms with Gasteiger partial charge in [0.1, 0.15) is 0 Å². The predicted molar refractivity (Wildman–Crippen MR) is 93.8 cm³/mol. The van der Waals surface area contributed by atoms with Gasteiger partial charge in [-0.2, -0.15) is 5.10 Å². The highest BCUT2D eigenvalue weighted by Gasteiger charge is 1.99. The topological polar surface area (TPSA) is 36.4 Å². The van der Waals surface area contributed by atoms with E-state index >= 15 is 0 Å². The predicted octanol–water partition coefficient (Wildman–Crippen LogP) is 3.96. The molecule has 2 rings (SSSR count). The summed E-state index contributed by atoms with van der Waals surface area (Å²) in [5.74, 6) is 0. The number of para-hydroxylation sites is 1. The van der Waals surface area contributed by atoms with Crippen LogP contribution in [0, 0.1) is 0 Å². The second-order valence-electron chi connectivity index (χ2n) is 4.68. The van der Waals surface area contributed by atoms with Crippen molar-refractivity contribution in [2.75, 3.05) is 5.32 Å². The van der Waals surface area contributed by atoms with Gasteiger partial charge in [-0.1, -0.05) is 49.4 Å². The number of nitrogens with zero attached hydrogens (tertiary/aromatic N) is 1. The van der Waals surface area contributed by atoms with Crippen molar-refractivity contribution in [2.45, 2.75) is 20.3 Å². The van der Waals surface area contributed by atoms with Crippen LogP contribution < -0.4 is 10.7 Å². The van der Waals surface area contributed by atoms with Gasteiger partial charge in [-0.05, 0) is 48.8 Å². The lowest BCUT2D eigenvalue weighted by Gasteiger charge is -2.08. The second kappa shape index (κ2) is 7.55. The number of thiocarbonyl (C=S) groups is 1. The lowest BCUT2D eigenvalue weighted by Crippen LogP contribution is -2.24. The molecule has 0 radical (unpaired) electrons. The minimum atomic E-state index is 0.478. The van der Waals surface area contributed by atoms with Crippen molar-refractivity contribution >= 4 is 28.7 Å². The zero-order valence-corrected chi connectivity index (χ0v) is 13.1. The van der Waals surface area contributed by atoms with Crippen LogP contribution in [-0.2, 0) is 6.42 Å². The van der Waals surface area contributed by atoms with E-state index in [2.05, 4.69) is 47.0 Å². The molecule has 0 aliphatic carbocycles. The largest absolute Gasteiger partial charge is 0.331 e. The molecule has 0 aliphatic heterocycles. The Morgan fingerprint density at radius 3 is 2.33 bits per heavy atom. The summed E-state index contributed by atoms with van der Waals surface area (Å²) < 4.78 is 0. The maximum absolute atomic E-state index is 5.21. The molecule has 0 bridgehead atoms. The average molecular weight is 297 g/mol. The minimum Gasteiger partial charge on any atom is -0.331 e. The summed E-state index contributed by atoms with van der Waals surface area (Å²) in [4.78, 5) is 0. The molecule has 3 nitrogen and oxygen atoms in total. The Labute approximate surface area is 131 Å². The van der Waals surface area contributed by atoms with E-state index in [4.69, 9.17) is 12.2 Å². The van der Waals surface area contributed by atoms with E-state index in [9.17, 15) is 0 Å². The van der Waals surface area contributed by atoms with Crippen molar-refractivity contribution in [3.8, 4) is 0 Å². The number of benzene rings is 2. The standard InChI is InChI=1S/C17H19N3S/c1-3-14-9-11-15(12-10-14)13(2)19-20-17(21)18-16-7-5-4-6-8-16/h4-12H,3H2,1-2H3,(H2,18,20,21)/b19-13+. The van der Waals surface area contributed by atoms with Crippen LogP contribution in [0.2, 0.25) is 0 Å². The molecule has 0 heterocycles. The van der Waals surface area contributed by atoms with Crippen LogP contribution in [0.25, 0.3) is 0 Å². The molecule has 0 aliphatic rings. The molecule has 0 spiro atoms. The zero-order valence-electron chi connectivity index (χ0n) is 12.3. The maximum atomic E-state index is 5.21. The normalized spacial score (nSPS) is 11.0. The fourth-order valence-corrected chi connectivity index (χ4v) is 2.02. The average Bonchev–Trinajstić information content (AvgIpc) is 2.53. The second-order valence-corrected chi connectivity index (χ2v) is 5.09. The molecule has 0 aromatic heterocycles. The molecule has 0 unspecified atom stereocenters. The summed E-state index contributed by atoms with van der Waals surface area (Å²) in [6.07, 6.45) is 1.04. The Hall–Kier alpha value is -2.20. The van der Waals surface area contributed by atoms with Crippen molar-refractivity contribution in [2.24, 2.45) is 5.10 Å². The molecule has 0 atom stereocenters. The summed E-state index contributed by atoms with van der Waals surface area (Å²) >= 11 is 5.21. The molecule has 0 amide bonds. The summed E-state index contributed by atoms with van der Waals surface area (Å²) in [6, 6.07) is 18.2.